The van der Waals surface area contributed by atoms with Crippen LogP contribution < -0.4 is 15.5 Å². The van der Waals surface area contributed by atoms with E-state index in [4.69, 9.17) is 80.3 Å². The Morgan fingerprint density at radius 2 is 0.755 bits per heavy atom. The van der Waals surface area contributed by atoms with Crippen molar-refractivity contribution in [3.05, 3.63) is 310 Å². The molecule has 110 heavy (non-hydrogen) atoms. The number of aromatic nitrogens is 16. The Morgan fingerprint density at radius 1 is 0.400 bits per heavy atom. The number of hydrogen-bond acceptors (Lipinski definition) is 15. The first-order valence-corrected chi connectivity index (χ1v) is 36.0. The van der Waals surface area contributed by atoms with Crippen LogP contribution in [0.4, 0.5) is 71.4 Å². The summed E-state index contributed by atoms with van der Waals surface area (Å²) < 4.78 is 87.8. The third-order valence-electron chi connectivity index (χ3n) is 14.2. The number of para-hydroxylation sites is 3. The molecule has 37 heteroatoms. The molecule has 0 saturated heterocycles. The number of nitrogen functional groups attached to an aromatic ring is 1. The zero-order chi connectivity index (χ0) is 77.4. The van der Waals surface area contributed by atoms with Gasteiger partial charge in [0.25, 0.3) is 0 Å². The van der Waals surface area contributed by atoms with Crippen molar-refractivity contribution >= 4 is 163 Å². The molecule has 0 unspecified atom stereocenters. The van der Waals surface area contributed by atoms with Gasteiger partial charge in [0.1, 0.15) is 37.1 Å². The maximum Gasteiger partial charge on any atom is 2.00 e. The zero-order valence-electron chi connectivity index (χ0n) is 57.0. The molecular formula is C73H54Br3Cl6F7N20Pt. The maximum atomic E-state index is 13.1. The Bertz CT molecular complexity index is 5170. The van der Waals surface area contributed by atoms with Gasteiger partial charge in [0.15, 0.2) is 23.1 Å². The Balaban J connectivity index is 0.000000189. The van der Waals surface area contributed by atoms with Gasteiger partial charge in [-0.3, -0.25) is 39.7 Å². The van der Waals surface area contributed by atoms with E-state index >= 15 is 0 Å². The fraction of sp³-hybridized carbons (Fsp3) is 0.0959. The van der Waals surface area contributed by atoms with Crippen LogP contribution in [0, 0.1) is 33.2 Å². The zero-order valence-corrected chi connectivity index (χ0v) is 68.6. The first-order valence-electron chi connectivity index (χ1n) is 31.4. The van der Waals surface area contributed by atoms with Crippen molar-refractivity contribution in [2.45, 2.75) is 40.0 Å². The standard InChI is InChI=1S/C24H16Cl2F3N7.C24H14Cl2F3N7.C9H8BrN3.C6H5Cl2N.C5H3Br2N.C5H7N.FH.Pt/c2*1-15-11-13-34(32-15)19-7-3-9-21(30-19)36(23-16(25)5-2-6-17(23)26)22-10-4-8-20(31-22)35-14-12-18(33-35)24(27,28)29;1-7-5-6-13(12-7)9-4-2-3-8(10)11-9;7-4-2-1-3-5(8)6(4)9;6-4-2-1-3-5(7)8-4;1-5-3-2-4-6-5;;/h2-14H,1H3;2-12H,1H3;2-6H,1H3;1-3H,9H2;1-3H;2-3H,4H2,1H3;1H;/q;-2;;;;;;+2. The fourth-order valence-electron chi connectivity index (χ4n) is 9.35. The van der Waals surface area contributed by atoms with E-state index in [1.807, 2.05) is 88.5 Å². The summed E-state index contributed by atoms with van der Waals surface area (Å²) in [6.45, 7) is 8.55. The number of hydrogen-bond donors (Lipinski definition) is 1. The summed E-state index contributed by atoms with van der Waals surface area (Å²) in [5.74, 6) is 3.48. The molecule has 2 N–H and O–H groups in total. The molecule has 0 spiro atoms. The summed E-state index contributed by atoms with van der Waals surface area (Å²) in [5, 5.41) is 22.5. The van der Waals surface area contributed by atoms with E-state index in [0.717, 1.165) is 70.5 Å². The minimum absolute atomic E-state index is 0. The quantitative estimate of drug-likeness (QED) is 0.0553. The third-order valence-corrected chi connectivity index (χ3v) is 17.4. The van der Waals surface area contributed by atoms with Crippen LogP contribution in [0.25, 0.3) is 29.1 Å². The molecule has 0 amide bonds. The molecule has 0 saturated carbocycles. The molecule has 0 bridgehead atoms. The van der Waals surface area contributed by atoms with Gasteiger partial charge in [0.05, 0.1) is 82.5 Å². The molecule has 14 aromatic rings. The van der Waals surface area contributed by atoms with Gasteiger partial charge in [0.2, 0.25) is 0 Å². The van der Waals surface area contributed by atoms with E-state index in [-0.39, 0.29) is 43.2 Å². The third kappa shape index (κ3) is 23.4. The molecule has 568 valence electrons. The second-order valence-electron chi connectivity index (χ2n) is 22.2. The van der Waals surface area contributed by atoms with Gasteiger partial charge in [-0.1, -0.05) is 162 Å². The second kappa shape index (κ2) is 39.6. The first kappa shape index (κ1) is 86.4. The summed E-state index contributed by atoms with van der Waals surface area (Å²) in [6, 6.07) is 53.9. The van der Waals surface area contributed by atoms with Crippen LogP contribution in [0.2, 0.25) is 30.1 Å². The van der Waals surface area contributed by atoms with Gasteiger partial charge in [-0.2, -0.15) is 41.6 Å². The molecular weight excluding hydrogens is 1940 g/mol. The van der Waals surface area contributed by atoms with E-state index in [2.05, 4.69) is 122 Å². The van der Waals surface area contributed by atoms with Crippen LogP contribution in [0.5, 0.6) is 0 Å². The number of pyridine rings is 6. The monoisotopic (exact) mass is 1990 g/mol. The van der Waals surface area contributed by atoms with E-state index in [1.54, 1.807) is 153 Å². The molecule has 0 fully saturated rings. The van der Waals surface area contributed by atoms with Crippen LogP contribution in [0.3, 0.4) is 0 Å². The smallest absolute Gasteiger partial charge is 0.396 e. The molecule has 20 nitrogen and oxygen atoms in total. The number of alkyl halides is 6. The predicted octanol–water partition coefficient (Wildman–Crippen LogP) is 22.2. The average molecular weight is 1990 g/mol. The number of benzene rings is 3. The van der Waals surface area contributed by atoms with Crippen molar-refractivity contribution < 1.29 is 52.1 Å². The van der Waals surface area contributed by atoms with Gasteiger partial charge in [-0.15, -0.1) is 12.1 Å². The van der Waals surface area contributed by atoms with Crippen molar-refractivity contribution in [1.82, 2.24) is 78.8 Å². The Hall–Kier alpha value is -9.20. The maximum absolute atomic E-state index is 13.1. The number of anilines is 7. The molecule has 0 radical (unpaired) electrons. The topological polar surface area (TPSA) is 211 Å². The number of halogens is 16. The van der Waals surface area contributed by atoms with Crippen molar-refractivity contribution in [2.75, 3.05) is 22.1 Å². The summed E-state index contributed by atoms with van der Waals surface area (Å²) in [7, 11) is 0. The number of aryl methyl sites for hydroxylation is 3. The summed E-state index contributed by atoms with van der Waals surface area (Å²) in [6.07, 6.45) is 5.20. The van der Waals surface area contributed by atoms with E-state index in [9.17, 15) is 26.3 Å². The Kier molecular flexibility index (Phi) is 31.1. The molecule has 1 aliphatic heterocycles. The van der Waals surface area contributed by atoms with E-state index < -0.39 is 23.7 Å². The molecule has 0 atom stereocenters. The molecule has 1 aliphatic rings. The minimum atomic E-state index is -4.61. The number of aliphatic imine (C=N–C) groups is 1. The summed E-state index contributed by atoms with van der Waals surface area (Å²) in [4.78, 5) is 34.0. The Morgan fingerprint density at radius 3 is 1.08 bits per heavy atom. The fourth-order valence-corrected chi connectivity index (χ4v) is 12.1. The number of nitrogens with two attached hydrogens (primary N) is 1. The average Bonchev–Trinajstić information content (AvgIpc) is 1.11. The van der Waals surface area contributed by atoms with Crippen LogP contribution in [0.15, 0.2) is 244 Å². The van der Waals surface area contributed by atoms with Gasteiger partial charge < -0.3 is 15.1 Å². The van der Waals surface area contributed by atoms with Gasteiger partial charge in [0, 0.05) is 24.3 Å². The van der Waals surface area contributed by atoms with Crippen LogP contribution >= 0.6 is 117 Å². The van der Waals surface area contributed by atoms with E-state index in [0.29, 0.717) is 76.3 Å². The molecule has 15 rings (SSSR count). The number of allylic oxidation sites excluding steroid dienone is 1. The summed E-state index contributed by atoms with van der Waals surface area (Å²) in [5.41, 5.74) is 8.26. The van der Waals surface area contributed by atoms with E-state index in [1.165, 1.54) is 16.9 Å². The van der Waals surface area contributed by atoms with Crippen LogP contribution in [-0.2, 0) is 33.4 Å². The van der Waals surface area contributed by atoms with Crippen LogP contribution in [-0.4, -0.2) is 91.1 Å². The predicted molar refractivity (Wildman–Crippen MR) is 423 cm³/mol. The molecule has 12 heterocycles. The van der Waals surface area contributed by atoms with Crippen molar-refractivity contribution in [1.29, 1.82) is 0 Å². The van der Waals surface area contributed by atoms with Crippen molar-refractivity contribution in [2.24, 2.45) is 4.99 Å². The SMILES string of the molecule is Brc1cccc(Br)n1.CC1=NCC=C1.Cc1c[c-]n(-c2cccc(N(c3cccc(-n4[c-]cc(C(F)(F)F)n4)n3)c3c(Cl)cccc3Cl)n2)n1.Cc1ccn(-c2cccc(Br)n2)n1.Cc1ccn(-c2cccc(N(c3cccc(-n4ccc(C(F)(F)F)n4)n3)c3c(Cl)cccc3Cl)n2)n1.F.Nc1c(Cl)cccc1Cl.[Pt+2]. The number of rotatable bonds is 11. The molecule has 0 aliphatic carbocycles. The van der Waals surface area contributed by atoms with Crippen LogP contribution in [0.1, 0.15) is 35.4 Å². The first-order chi connectivity index (χ1) is 51.6. The minimum Gasteiger partial charge on any atom is -0.396 e. The largest absolute Gasteiger partial charge is 2.00 e. The van der Waals surface area contributed by atoms with Gasteiger partial charge in [-0.05, 0) is 196 Å². The normalized spacial score (nSPS) is 11.3. The van der Waals surface area contributed by atoms with Gasteiger partial charge >= 0.3 is 33.4 Å². The molecule has 3 aromatic carbocycles. The second-order valence-corrected chi connectivity index (χ2v) is 27.1. The molecule has 11 aromatic heterocycles. The van der Waals surface area contributed by atoms with Crippen molar-refractivity contribution in [3.8, 4) is 29.1 Å². The van der Waals surface area contributed by atoms with Gasteiger partial charge in [-0.25, -0.2) is 34.0 Å². The Labute approximate surface area is 694 Å². The van der Waals surface area contributed by atoms with Crippen molar-refractivity contribution in [3.63, 3.8) is 0 Å². The summed E-state index contributed by atoms with van der Waals surface area (Å²) >= 11 is 47.2. The number of nitrogens with zero attached hydrogens (tertiary/aromatic N) is 19.